The van der Waals surface area contributed by atoms with Crippen LogP contribution in [0.5, 0.6) is 0 Å². The monoisotopic (exact) mass is 623 g/mol. The zero-order chi connectivity index (χ0) is 31.4. The van der Waals surface area contributed by atoms with Crippen LogP contribution in [0, 0.1) is 0 Å². The molecule has 0 aliphatic carbocycles. The number of hydrogen-bond donors (Lipinski definition) is 1. The average molecular weight is 624 g/mol. The third-order valence-electron chi connectivity index (χ3n) is 9.37. The van der Waals surface area contributed by atoms with Gasteiger partial charge in [-0.15, -0.1) is 0 Å². The minimum atomic E-state index is -3.22. The van der Waals surface area contributed by atoms with Crippen molar-refractivity contribution in [3.63, 3.8) is 0 Å². The van der Waals surface area contributed by atoms with Crippen LogP contribution in [-0.2, 0) is 0 Å². The summed E-state index contributed by atoms with van der Waals surface area (Å²) in [6, 6.07) is 58.0. The molecule has 2 heterocycles. The normalized spacial score (nSPS) is 12.3. The van der Waals surface area contributed by atoms with Gasteiger partial charge in [0.25, 0.3) is 0 Å². The Kier molecular flexibility index (Phi) is 6.50. The Hall–Kier alpha value is -5.60. The van der Waals surface area contributed by atoms with Gasteiger partial charge in [-0.2, -0.15) is 0 Å². The number of furan rings is 1. The van der Waals surface area contributed by atoms with Gasteiger partial charge in [0.05, 0.1) is 0 Å². The van der Waals surface area contributed by atoms with E-state index in [1.807, 2.05) is 78.9 Å². The van der Waals surface area contributed by atoms with E-state index in [0.717, 1.165) is 81.9 Å². The van der Waals surface area contributed by atoms with Crippen molar-refractivity contribution in [2.45, 2.75) is 0 Å². The van der Waals surface area contributed by atoms with Crippen molar-refractivity contribution in [2.24, 2.45) is 0 Å². The second kappa shape index (κ2) is 11.0. The van der Waals surface area contributed by atoms with Crippen LogP contribution in [0.15, 0.2) is 174 Å². The summed E-state index contributed by atoms with van der Waals surface area (Å²) in [6.45, 7) is 0. The number of aromatic nitrogens is 1. The zero-order valence-electron chi connectivity index (χ0n) is 25.5. The number of benzene rings is 7. The van der Waals surface area contributed by atoms with Crippen molar-refractivity contribution in [1.82, 2.24) is 4.98 Å². The molecule has 2 aromatic heterocycles. The number of nitrogens with zero attached hydrogens (tertiary/aromatic N) is 1. The summed E-state index contributed by atoms with van der Waals surface area (Å²) in [5.41, 5.74) is 6.78. The maximum atomic E-state index is 12.5. The molecule has 9 aromatic rings. The van der Waals surface area contributed by atoms with Crippen LogP contribution in [0.3, 0.4) is 0 Å². The van der Waals surface area contributed by atoms with Gasteiger partial charge in [-0.25, -0.2) is 0 Å². The Morgan fingerprint density at radius 2 is 1.02 bits per heavy atom. The van der Waals surface area contributed by atoms with E-state index in [1.54, 1.807) is 0 Å². The van der Waals surface area contributed by atoms with Gasteiger partial charge in [0.15, 0.2) is 0 Å². The molecule has 0 aliphatic rings. The summed E-state index contributed by atoms with van der Waals surface area (Å²) < 4.78 is 6.35. The summed E-state index contributed by atoms with van der Waals surface area (Å²) >= 11 is 0. The molecule has 47 heavy (non-hydrogen) atoms. The van der Waals surface area contributed by atoms with Gasteiger partial charge < -0.3 is 0 Å². The Labute approximate surface area is 272 Å². The number of hydrogen-bond acceptors (Lipinski definition) is 3. The fourth-order valence-corrected chi connectivity index (χ4v) is 10.1. The zero-order valence-corrected chi connectivity index (χ0v) is 26.5. The Bertz CT molecular complexity index is 2520. The number of rotatable bonds is 5. The van der Waals surface area contributed by atoms with E-state index in [-0.39, 0.29) is 0 Å². The van der Waals surface area contributed by atoms with Crippen LogP contribution >= 0.6 is 7.49 Å². The van der Waals surface area contributed by atoms with Gasteiger partial charge in [0, 0.05) is 0 Å². The molecule has 4 heteroatoms. The molecule has 7 aromatic carbocycles. The molecule has 0 amide bonds. The van der Waals surface area contributed by atoms with Crippen LogP contribution in [0.1, 0.15) is 0 Å². The summed E-state index contributed by atoms with van der Waals surface area (Å²) in [4.78, 5) is 17.9. The predicted octanol–water partition coefficient (Wildman–Crippen LogP) is 9.55. The number of pyridine rings is 1. The van der Waals surface area contributed by atoms with Crippen molar-refractivity contribution in [2.75, 3.05) is 0 Å². The van der Waals surface area contributed by atoms with E-state index in [2.05, 4.69) is 91.0 Å². The molecule has 0 aliphatic heterocycles. The number of fused-ring (bicyclic) bond motifs is 7. The molecule has 224 valence electrons. The topological polar surface area (TPSA) is 46.3 Å². The predicted molar refractivity (Wildman–Crippen MR) is 200 cm³/mol. The van der Waals surface area contributed by atoms with Gasteiger partial charge in [-0.05, 0) is 0 Å². The van der Waals surface area contributed by atoms with Crippen LogP contribution in [-0.4, -0.2) is 9.88 Å². The van der Waals surface area contributed by atoms with Gasteiger partial charge >= 0.3 is 267 Å². The first-order valence-electron chi connectivity index (χ1n) is 15.9. The molecular formula is C43H30NO2P. The maximum absolute atomic E-state index is 12.5. The summed E-state index contributed by atoms with van der Waals surface area (Å²) in [7, 11) is -3.22. The Balaban J connectivity index is 1.30. The SMILES string of the molecule is O[PH](c1ccccc1)(c1ccccc1)c1ccc(-c2cccc3c2nc(-c2ccccc2)c2ccc4oc5ccccc5c4c23)cc1. The molecule has 0 saturated carbocycles. The molecule has 0 radical (unpaired) electrons. The van der Waals surface area contributed by atoms with E-state index in [1.165, 1.54) is 0 Å². The van der Waals surface area contributed by atoms with E-state index in [9.17, 15) is 4.89 Å². The van der Waals surface area contributed by atoms with Crippen molar-refractivity contribution in [3.8, 4) is 22.4 Å². The van der Waals surface area contributed by atoms with Crippen LogP contribution in [0.4, 0.5) is 0 Å². The first-order chi connectivity index (χ1) is 23.2. The first kappa shape index (κ1) is 27.7. The first-order valence-corrected chi connectivity index (χ1v) is 17.8. The fraction of sp³-hybridized carbons (Fsp3) is 0. The van der Waals surface area contributed by atoms with Crippen molar-refractivity contribution >= 4 is 67.0 Å². The molecule has 9 rings (SSSR count). The molecule has 0 saturated heterocycles. The van der Waals surface area contributed by atoms with Crippen LogP contribution in [0.25, 0.3) is 66.0 Å². The van der Waals surface area contributed by atoms with Crippen molar-refractivity contribution in [3.05, 3.63) is 170 Å². The van der Waals surface area contributed by atoms with Crippen molar-refractivity contribution in [1.29, 1.82) is 0 Å². The van der Waals surface area contributed by atoms with Crippen molar-refractivity contribution < 1.29 is 9.31 Å². The van der Waals surface area contributed by atoms with E-state index in [4.69, 9.17) is 9.40 Å². The molecule has 0 bridgehead atoms. The molecule has 0 fully saturated rings. The molecule has 0 spiro atoms. The molecular weight excluding hydrogens is 593 g/mol. The Morgan fingerprint density at radius 3 is 1.72 bits per heavy atom. The molecule has 0 atom stereocenters. The van der Waals surface area contributed by atoms with Gasteiger partial charge in [0.1, 0.15) is 0 Å². The quantitative estimate of drug-likeness (QED) is 0.153. The summed E-state index contributed by atoms with van der Waals surface area (Å²) in [5, 5.41) is 8.38. The second-order valence-corrected chi connectivity index (χ2v) is 15.2. The van der Waals surface area contributed by atoms with Crippen LogP contribution in [0.2, 0.25) is 0 Å². The van der Waals surface area contributed by atoms with Gasteiger partial charge in [-0.3, -0.25) is 0 Å². The molecule has 1 N–H and O–H groups in total. The third kappa shape index (κ3) is 4.40. The minimum absolute atomic E-state index is 0.867. The van der Waals surface area contributed by atoms with Gasteiger partial charge in [0.2, 0.25) is 0 Å². The fourth-order valence-electron chi connectivity index (χ4n) is 7.13. The third-order valence-corrected chi connectivity index (χ3v) is 12.9. The summed E-state index contributed by atoms with van der Waals surface area (Å²) in [6.07, 6.45) is 0. The van der Waals surface area contributed by atoms with E-state index < -0.39 is 7.49 Å². The van der Waals surface area contributed by atoms with Crippen LogP contribution < -0.4 is 15.9 Å². The molecule has 0 unspecified atom stereocenters. The standard InChI is InChI=1S/C43H30NO2P/c45-47(31-15-6-2-7-16-31,32-17-8-3-9-18-32)33-25-23-29(24-26-33)34-20-12-21-36-40-37(42(44-43(34)36)30-13-4-1-5-14-30)27-28-39-41(40)35-19-10-11-22-38(35)46-39/h1-28,45,47H. The van der Waals surface area contributed by atoms with Gasteiger partial charge in [-0.1, -0.05) is 6.07 Å². The van der Waals surface area contributed by atoms with E-state index in [0.29, 0.717) is 0 Å². The summed E-state index contributed by atoms with van der Waals surface area (Å²) in [5.74, 6) is 0. The second-order valence-electron chi connectivity index (χ2n) is 12.0. The number of para-hydroxylation sites is 2. The average Bonchev–Trinajstić information content (AvgIpc) is 3.54. The molecule has 3 nitrogen and oxygen atoms in total. The van der Waals surface area contributed by atoms with E-state index >= 15 is 0 Å². The Morgan fingerprint density at radius 1 is 0.426 bits per heavy atom.